The van der Waals surface area contributed by atoms with Crippen molar-refractivity contribution in [3.05, 3.63) is 70.0 Å². The summed E-state index contributed by atoms with van der Waals surface area (Å²) in [7, 11) is 1.71. The highest BCUT2D eigenvalue weighted by Gasteiger charge is 2.25. The van der Waals surface area contributed by atoms with Crippen LogP contribution < -0.4 is 10.9 Å². The molecule has 1 aliphatic carbocycles. The van der Waals surface area contributed by atoms with Crippen molar-refractivity contribution in [3.63, 3.8) is 0 Å². The molecule has 4 nitrogen and oxygen atoms in total. The number of carbonyl (C=O) groups excluding carboxylic acids is 1. The predicted molar refractivity (Wildman–Crippen MR) is 105 cm³/mol. The number of nitrogens with one attached hydrogen (secondary N) is 1. The highest BCUT2D eigenvalue weighted by Crippen LogP contribution is 2.31. The highest BCUT2D eigenvalue weighted by molar-refractivity contribution is 5.94. The van der Waals surface area contributed by atoms with Gasteiger partial charge in [-0.3, -0.25) is 9.59 Å². The molecule has 2 atom stereocenters. The minimum atomic E-state index is -0.425. The van der Waals surface area contributed by atoms with E-state index in [1.165, 1.54) is 12.2 Å². The van der Waals surface area contributed by atoms with Crippen LogP contribution in [0.3, 0.4) is 0 Å². The van der Waals surface area contributed by atoms with E-state index in [0.717, 1.165) is 24.1 Å². The van der Waals surface area contributed by atoms with E-state index in [4.69, 9.17) is 0 Å². The predicted octanol–water partition coefficient (Wildman–Crippen LogP) is 4.18. The highest BCUT2D eigenvalue weighted by atomic mass is 19.1. The molecule has 1 heterocycles. The summed E-state index contributed by atoms with van der Waals surface area (Å²) in [5.74, 6) is -0.441. The van der Waals surface area contributed by atoms with Gasteiger partial charge in [0.05, 0.1) is 0 Å². The number of aromatic nitrogens is 1. The van der Waals surface area contributed by atoms with Gasteiger partial charge in [-0.05, 0) is 57.2 Å². The number of hydrogen-bond donors (Lipinski definition) is 1. The van der Waals surface area contributed by atoms with Crippen molar-refractivity contribution in [2.24, 2.45) is 7.05 Å². The van der Waals surface area contributed by atoms with Gasteiger partial charge >= 0.3 is 0 Å². The topological polar surface area (TPSA) is 51.1 Å². The first-order valence-electron chi connectivity index (χ1n) is 8.87. The largest absolute Gasteiger partial charge is 0.346 e. The summed E-state index contributed by atoms with van der Waals surface area (Å²) in [6, 6.07) is 1.34. The molecule has 0 spiro atoms. The number of rotatable bonds is 4. The van der Waals surface area contributed by atoms with E-state index in [-0.39, 0.29) is 23.0 Å². The molecule has 5 heteroatoms. The minimum absolute atomic E-state index is 0.145. The summed E-state index contributed by atoms with van der Waals surface area (Å²) < 4.78 is 14.6. The first-order valence-corrected chi connectivity index (χ1v) is 8.87. The van der Waals surface area contributed by atoms with E-state index < -0.39 is 5.91 Å². The third-order valence-corrected chi connectivity index (χ3v) is 4.34. The van der Waals surface area contributed by atoms with Gasteiger partial charge in [-0.2, -0.15) is 0 Å². The lowest BCUT2D eigenvalue weighted by Crippen LogP contribution is -2.37. The summed E-state index contributed by atoms with van der Waals surface area (Å²) in [5.41, 5.74) is 1.94. The Hall–Kier alpha value is -2.43. The summed E-state index contributed by atoms with van der Waals surface area (Å²) in [6.07, 6.45) is 7.80. The number of amides is 1. The average molecular weight is 360 g/mol. The smallest absolute Gasteiger partial charge is 0.263 e. The first-order chi connectivity index (χ1) is 12.3. The van der Waals surface area contributed by atoms with Crippen LogP contribution in [0.5, 0.6) is 0 Å². The van der Waals surface area contributed by atoms with E-state index in [9.17, 15) is 14.0 Å². The molecule has 0 aliphatic heterocycles. The SMILES string of the molecule is C/C=C(F)\C=C/C(C)NC(=O)c1cc2c(n(C)c1=O)CCC2C.C=CC. The third-order valence-electron chi connectivity index (χ3n) is 4.34. The van der Waals surface area contributed by atoms with Gasteiger partial charge in [-0.1, -0.05) is 25.2 Å². The summed E-state index contributed by atoms with van der Waals surface area (Å²) >= 11 is 0. The second-order valence-electron chi connectivity index (χ2n) is 6.47. The Kier molecular flexibility index (Phi) is 8.23. The standard InChI is InChI=1S/C18H23FN2O2.C3H6/c1-5-13(19)8-7-12(3)20-17(22)15-10-14-11(2)6-9-16(14)21(4)18(15)23;1-3-2/h5,7-8,10-12H,6,9H2,1-4H3,(H,20,22);3H,1H2,2H3/b8-7-,13-5+;. The van der Waals surface area contributed by atoms with E-state index in [0.29, 0.717) is 5.92 Å². The van der Waals surface area contributed by atoms with Crippen molar-refractivity contribution < 1.29 is 9.18 Å². The molecule has 0 bridgehead atoms. The molecule has 0 aromatic carbocycles. The normalized spacial score (nSPS) is 17.3. The Morgan fingerprint density at radius 1 is 1.46 bits per heavy atom. The van der Waals surface area contributed by atoms with E-state index in [1.54, 1.807) is 43.7 Å². The summed E-state index contributed by atoms with van der Waals surface area (Å²) in [5, 5.41) is 2.72. The molecule has 1 amide bonds. The molecule has 1 aliphatic rings. The van der Waals surface area contributed by atoms with Crippen LogP contribution in [0.25, 0.3) is 0 Å². The lowest BCUT2D eigenvalue weighted by Gasteiger charge is -2.14. The molecule has 142 valence electrons. The van der Waals surface area contributed by atoms with Crippen molar-refractivity contribution in [2.45, 2.75) is 52.5 Å². The van der Waals surface area contributed by atoms with Crippen molar-refractivity contribution in [1.29, 1.82) is 0 Å². The number of pyridine rings is 1. The fraction of sp³-hybridized carbons (Fsp3) is 0.429. The molecule has 0 fully saturated rings. The third kappa shape index (κ3) is 5.28. The van der Waals surface area contributed by atoms with Crippen LogP contribution in [0.15, 0.2) is 47.6 Å². The zero-order valence-electron chi connectivity index (χ0n) is 16.3. The van der Waals surface area contributed by atoms with Gasteiger partial charge < -0.3 is 9.88 Å². The minimum Gasteiger partial charge on any atom is -0.346 e. The molecule has 0 saturated carbocycles. The number of halogens is 1. The number of fused-ring (bicyclic) bond motifs is 1. The first kappa shape index (κ1) is 21.6. The maximum atomic E-state index is 13.1. The maximum absolute atomic E-state index is 13.1. The Labute approximate surface area is 155 Å². The summed E-state index contributed by atoms with van der Waals surface area (Å²) in [6.45, 7) is 10.7. The number of allylic oxidation sites excluding steroid dienone is 4. The van der Waals surface area contributed by atoms with Gasteiger partial charge in [-0.15, -0.1) is 6.58 Å². The molecular weight excluding hydrogens is 331 g/mol. The molecule has 1 aromatic rings. The van der Waals surface area contributed by atoms with Crippen LogP contribution >= 0.6 is 0 Å². The summed E-state index contributed by atoms with van der Waals surface area (Å²) in [4.78, 5) is 24.8. The molecular formula is C21H29FN2O2. The molecule has 1 N–H and O–H groups in total. The number of nitrogens with zero attached hydrogens (tertiary/aromatic N) is 1. The molecule has 1 aromatic heterocycles. The number of carbonyl (C=O) groups is 1. The van der Waals surface area contributed by atoms with Crippen LogP contribution in [0, 0.1) is 0 Å². The second-order valence-corrected chi connectivity index (χ2v) is 6.47. The molecule has 26 heavy (non-hydrogen) atoms. The Morgan fingerprint density at radius 3 is 2.65 bits per heavy atom. The van der Waals surface area contributed by atoms with Crippen LogP contribution in [0.4, 0.5) is 4.39 Å². The van der Waals surface area contributed by atoms with Crippen LogP contribution in [0.2, 0.25) is 0 Å². The van der Waals surface area contributed by atoms with Gasteiger partial charge in [-0.25, -0.2) is 4.39 Å². The maximum Gasteiger partial charge on any atom is 0.263 e. The monoisotopic (exact) mass is 360 g/mol. The van der Waals surface area contributed by atoms with Crippen LogP contribution in [0.1, 0.15) is 61.6 Å². The van der Waals surface area contributed by atoms with Gasteiger partial charge in [0, 0.05) is 18.8 Å². The molecule has 0 radical (unpaired) electrons. The lowest BCUT2D eigenvalue weighted by molar-refractivity contribution is 0.0944. The van der Waals surface area contributed by atoms with E-state index >= 15 is 0 Å². The van der Waals surface area contributed by atoms with E-state index in [1.807, 2.05) is 6.92 Å². The van der Waals surface area contributed by atoms with Crippen molar-refractivity contribution >= 4 is 5.91 Å². The van der Waals surface area contributed by atoms with Gasteiger partial charge in [0.25, 0.3) is 11.5 Å². The Morgan fingerprint density at radius 2 is 2.08 bits per heavy atom. The lowest BCUT2D eigenvalue weighted by atomic mass is 10.0. The fourth-order valence-corrected chi connectivity index (χ4v) is 2.87. The Balaban J connectivity index is 0.00000105. The van der Waals surface area contributed by atoms with Gasteiger partial charge in [0.2, 0.25) is 0 Å². The van der Waals surface area contributed by atoms with Crippen LogP contribution in [-0.4, -0.2) is 16.5 Å². The number of hydrogen-bond acceptors (Lipinski definition) is 2. The zero-order chi connectivity index (χ0) is 19.9. The zero-order valence-corrected chi connectivity index (χ0v) is 16.3. The Bertz CT molecular complexity index is 775. The van der Waals surface area contributed by atoms with Crippen LogP contribution in [-0.2, 0) is 13.5 Å². The van der Waals surface area contributed by atoms with Gasteiger partial charge in [0.1, 0.15) is 11.4 Å². The van der Waals surface area contributed by atoms with Crippen molar-refractivity contribution in [1.82, 2.24) is 9.88 Å². The van der Waals surface area contributed by atoms with E-state index in [2.05, 4.69) is 18.8 Å². The van der Waals surface area contributed by atoms with Crippen molar-refractivity contribution in [2.75, 3.05) is 0 Å². The van der Waals surface area contributed by atoms with Gasteiger partial charge in [0.15, 0.2) is 0 Å². The quantitative estimate of drug-likeness (QED) is 0.647. The average Bonchev–Trinajstić information content (AvgIpc) is 2.97. The molecule has 0 saturated heterocycles. The second kappa shape index (κ2) is 9.90. The van der Waals surface area contributed by atoms with Crippen molar-refractivity contribution in [3.8, 4) is 0 Å². The molecule has 2 rings (SSSR count). The fourth-order valence-electron chi connectivity index (χ4n) is 2.87. The molecule has 2 unspecified atom stereocenters.